The van der Waals surface area contributed by atoms with Crippen LogP contribution in [0.4, 0.5) is 10.1 Å². The van der Waals surface area contributed by atoms with E-state index in [2.05, 4.69) is 4.72 Å². The lowest BCUT2D eigenvalue weighted by atomic mass is 10.0. The third-order valence-electron chi connectivity index (χ3n) is 3.00. The van der Waals surface area contributed by atoms with Gasteiger partial charge in [-0.15, -0.1) is 11.3 Å². The minimum atomic E-state index is -3.84. The van der Waals surface area contributed by atoms with Crippen LogP contribution in [0.2, 0.25) is 0 Å². The van der Waals surface area contributed by atoms with Crippen molar-refractivity contribution in [2.24, 2.45) is 5.92 Å². The van der Waals surface area contributed by atoms with Gasteiger partial charge in [-0.05, 0) is 35.6 Å². The van der Waals surface area contributed by atoms with Crippen molar-refractivity contribution in [1.82, 2.24) is 4.72 Å². The lowest BCUT2D eigenvalue weighted by molar-refractivity contribution is 0.468. The van der Waals surface area contributed by atoms with E-state index >= 15 is 0 Å². The van der Waals surface area contributed by atoms with E-state index in [9.17, 15) is 12.8 Å². The summed E-state index contributed by atoms with van der Waals surface area (Å²) in [5.41, 5.74) is 5.59. The number of thiophene rings is 1. The van der Waals surface area contributed by atoms with Crippen molar-refractivity contribution in [2.45, 2.75) is 24.8 Å². The second-order valence-corrected chi connectivity index (χ2v) is 7.77. The molecule has 2 rings (SSSR count). The molecular weight excluding hydrogens is 311 g/mol. The number of sulfonamides is 1. The second kappa shape index (κ2) is 6.13. The Kier molecular flexibility index (Phi) is 4.65. The van der Waals surface area contributed by atoms with Gasteiger partial charge in [-0.25, -0.2) is 17.5 Å². The van der Waals surface area contributed by atoms with Crippen LogP contribution >= 0.6 is 11.3 Å². The molecule has 114 valence electrons. The number of nitrogens with two attached hydrogens (primary N) is 1. The van der Waals surface area contributed by atoms with Gasteiger partial charge < -0.3 is 5.73 Å². The lowest BCUT2D eigenvalue weighted by Crippen LogP contribution is -2.31. The maximum absolute atomic E-state index is 13.4. The Morgan fingerprint density at radius 2 is 2.00 bits per heavy atom. The van der Waals surface area contributed by atoms with Crippen LogP contribution in [0.25, 0.3) is 0 Å². The van der Waals surface area contributed by atoms with Gasteiger partial charge in [0.15, 0.2) is 0 Å². The van der Waals surface area contributed by atoms with Gasteiger partial charge in [0, 0.05) is 10.6 Å². The molecule has 1 aromatic carbocycles. The number of benzene rings is 1. The van der Waals surface area contributed by atoms with E-state index in [1.54, 1.807) is 0 Å². The summed E-state index contributed by atoms with van der Waals surface area (Å²) < 4.78 is 40.8. The Morgan fingerprint density at radius 1 is 1.29 bits per heavy atom. The first-order valence-corrected chi connectivity index (χ1v) is 8.77. The largest absolute Gasteiger partial charge is 0.399 e. The molecular formula is C14H17FN2O2S2. The average Bonchev–Trinajstić information content (AvgIpc) is 2.88. The smallest absolute Gasteiger partial charge is 0.241 e. The van der Waals surface area contributed by atoms with E-state index in [1.165, 1.54) is 17.4 Å². The van der Waals surface area contributed by atoms with Crippen molar-refractivity contribution in [3.63, 3.8) is 0 Å². The van der Waals surface area contributed by atoms with Gasteiger partial charge in [0.05, 0.1) is 10.9 Å². The molecule has 0 amide bonds. The number of hydrogen-bond donors (Lipinski definition) is 2. The minimum Gasteiger partial charge on any atom is -0.399 e. The molecule has 2 aromatic rings. The summed E-state index contributed by atoms with van der Waals surface area (Å²) >= 11 is 1.48. The molecule has 1 unspecified atom stereocenters. The Hall–Kier alpha value is -1.44. The highest BCUT2D eigenvalue weighted by Crippen LogP contribution is 2.28. The van der Waals surface area contributed by atoms with Gasteiger partial charge in [0.2, 0.25) is 10.0 Å². The molecule has 4 nitrogen and oxygen atoms in total. The van der Waals surface area contributed by atoms with Crippen molar-refractivity contribution >= 4 is 27.0 Å². The van der Waals surface area contributed by atoms with Crippen molar-refractivity contribution in [1.29, 1.82) is 0 Å². The topological polar surface area (TPSA) is 72.2 Å². The number of nitrogens with one attached hydrogen (secondary N) is 1. The summed E-state index contributed by atoms with van der Waals surface area (Å²) in [5.74, 6) is -0.614. The first-order valence-electron chi connectivity index (χ1n) is 6.41. The fourth-order valence-electron chi connectivity index (χ4n) is 1.97. The zero-order valence-electron chi connectivity index (χ0n) is 11.7. The van der Waals surface area contributed by atoms with Gasteiger partial charge >= 0.3 is 0 Å². The SMILES string of the molecule is CC(C)C(NS(=O)(=O)c1cc(N)cc(F)c1)c1cccs1. The van der Waals surface area contributed by atoms with Crippen LogP contribution in [0.15, 0.2) is 40.6 Å². The third kappa shape index (κ3) is 3.81. The average molecular weight is 328 g/mol. The molecule has 0 radical (unpaired) electrons. The van der Waals surface area contributed by atoms with Crippen LogP contribution in [0.3, 0.4) is 0 Å². The van der Waals surface area contributed by atoms with Crippen LogP contribution in [-0.4, -0.2) is 8.42 Å². The number of anilines is 1. The summed E-state index contributed by atoms with van der Waals surface area (Å²) in [5, 5.41) is 1.89. The molecule has 7 heteroatoms. The zero-order chi connectivity index (χ0) is 15.6. The highest BCUT2D eigenvalue weighted by atomic mass is 32.2. The first kappa shape index (κ1) is 15.9. The van der Waals surface area contributed by atoms with Gasteiger partial charge in [0.1, 0.15) is 5.82 Å². The zero-order valence-corrected chi connectivity index (χ0v) is 13.3. The molecule has 1 aromatic heterocycles. The van der Waals surface area contributed by atoms with Crippen molar-refractivity contribution in [2.75, 3.05) is 5.73 Å². The van der Waals surface area contributed by atoms with E-state index in [0.717, 1.165) is 17.0 Å². The fraction of sp³-hybridized carbons (Fsp3) is 0.286. The Morgan fingerprint density at radius 3 is 2.52 bits per heavy atom. The van der Waals surface area contributed by atoms with Gasteiger partial charge in [0.25, 0.3) is 0 Å². The van der Waals surface area contributed by atoms with Crippen LogP contribution < -0.4 is 10.5 Å². The molecule has 0 aliphatic carbocycles. The molecule has 0 bridgehead atoms. The number of halogens is 1. The molecule has 0 saturated heterocycles. The van der Waals surface area contributed by atoms with E-state index in [1.807, 2.05) is 31.4 Å². The van der Waals surface area contributed by atoms with Crippen LogP contribution in [-0.2, 0) is 10.0 Å². The Balaban J connectivity index is 2.35. The van der Waals surface area contributed by atoms with E-state index in [0.29, 0.717) is 0 Å². The molecule has 0 aliphatic heterocycles. The molecule has 0 fully saturated rings. The van der Waals surface area contributed by atoms with E-state index in [4.69, 9.17) is 5.73 Å². The molecule has 1 heterocycles. The van der Waals surface area contributed by atoms with Gasteiger partial charge in [-0.1, -0.05) is 19.9 Å². The van der Waals surface area contributed by atoms with E-state index in [-0.39, 0.29) is 22.5 Å². The summed E-state index contributed by atoms with van der Waals surface area (Å²) in [4.78, 5) is 0.750. The fourth-order valence-corrected chi connectivity index (χ4v) is 4.42. The minimum absolute atomic E-state index is 0.0596. The third-order valence-corrected chi connectivity index (χ3v) is 5.38. The van der Waals surface area contributed by atoms with Crippen molar-refractivity contribution in [3.8, 4) is 0 Å². The van der Waals surface area contributed by atoms with Crippen LogP contribution in [0, 0.1) is 11.7 Å². The molecule has 1 atom stereocenters. The first-order chi connectivity index (χ1) is 9.79. The maximum atomic E-state index is 13.4. The Bertz CT molecular complexity index is 692. The lowest BCUT2D eigenvalue weighted by Gasteiger charge is -2.21. The van der Waals surface area contributed by atoms with E-state index < -0.39 is 15.8 Å². The standard InChI is InChI=1S/C14H17FN2O2S2/c1-9(2)14(13-4-3-5-20-13)17-21(18,19)12-7-10(15)6-11(16)8-12/h3-9,14,17H,16H2,1-2H3. The predicted molar refractivity (Wildman–Crippen MR) is 83.0 cm³/mol. The van der Waals surface area contributed by atoms with Gasteiger partial charge in [-0.2, -0.15) is 0 Å². The monoisotopic (exact) mass is 328 g/mol. The van der Waals surface area contributed by atoms with Crippen molar-refractivity contribution < 1.29 is 12.8 Å². The maximum Gasteiger partial charge on any atom is 0.241 e. The van der Waals surface area contributed by atoms with Crippen molar-refractivity contribution in [3.05, 3.63) is 46.4 Å². The molecule has 21 heavy (non-hydrogen) atoms. The highest BCUT2D eigenvalue weighted by molar-refractivity contribution is 7.89. The summed E-state index contributed by atoms with van der Waals surface area (Å²) in [6, 6.07) is 6.67. The Labute approximate surface area is 127 Å². The number of hydrogen-bond acceptors (Lipinski definition) is 4. The second-order valence-electron chi connectivity index (χ2n) is 5.08. The highest BCUT2D eigenvalue weighted by Gasteiger charge is 2.25. The summed E-state index contributed by atoms with van der Waals surface area (Å²) in [7, 11) is -3.84. The predicted octanol–water partition coefficient (Wildman–Crippen LogP) is 3.15. The molecule has 0 aliphatic rings. The summed E-state index contributed by atoms with van der Waals surface area (Å²) in [6.07, 6.45) is 0. The summed E-state index contributed by atoms with van der Waals surface area (Å²) in [6.45, 7) is 3.85. The molecule has 0 saturated carbocycles. The van der Waals surface area contributed by atoms with Crippen LogP contribution in [0.1, 0.15) is 24.8 Å². The number of nitrogen functional groups attached to an aromatic ring is 1. The molecule has 0 spiro atoms. The quantitative estimate of drug-likeness (QED) is 0.828. The number of rotatable bonds is 5. The van der Waals surface area contributed by atoms with Crippen LogP contribution in [0.5, 0.6) is 0 Å². The molecule has 3 N–H and O–H groups in total. The normalized spacial score (nSPS) is 13.5. The van der Waals surface area contributed by atoms with Gasteiger partial charge in [-0.3, -0.25) is 0 Å².